The second-order valence-corrected chi connectivity index (χ2v) is 7.61. The van der Waals surface area contributed by atoms with Crippen molar-refractivity contribution in [2.75, 3.05) is 28.7 Å². The molecule has 9 heteroatoms. The zero-order valence-electron chi connectivity index (χ0n) is 17.1. The van der Waals surface area contributed by atoms with Crippen LogP contribution in [-0.4, -0.2) is 36.8 Å². The van der Waals surface area contributed by atoms with Crippen LogP contribution < -0.4 is 15.5 Å². The summed E-state index contributed by atoms with van der Waals surface area (Å²) in [5, 5.41) is 5.77. The van der Waals surface area contributed by atoms with Crippen molar-refractivity contribution in [3.8, 4) is 0 Å². The summed E-state index contributed by atoms with van der Waals surface area (Å²) in [5.41, 5.74) is 2.51. The fourth-order valence-corrected chi connectivity index (χ4v) is 3.45. The summed E-state index contributed by atoms with van der Waals surface area (Å²) in [6.07, 6.45) is 0.0109. The first-order chi connectivity index (χ1) is 14.7. The van der Waals surface area contributed by atoms with Crippen LogP contribution in [0.4, 0.5) is 17.1 Å². The van der Waals surface area contributed by atoms with Crippen molar-refractivity contribution in [1.82, 2.24) is 0 Å². The minimum absolute atomic E-state index is 0.0109. The molecule has 2 aromatic rings. The highest BCUT2D eigenvalue weighted by molar-refractivity contribution is 6.31. The maximum atomic E-state index is 12.4. The Kier molecular flexibility index (Phi) is 6.91. The monoisotopic (exact) mass is 443 g/mol. The summed E-state index contributed by atoms with van der Waals surface area (Å²) in [4.78, 5) is 49.4. The summed E-state index contributed by atoms with van der Waals surface area (Å²) in [7, 11) is 0. The van der Waals surface area contributed by atoms with Crippen molar-refractivity contribution in [2.24, 2.45) is 5.92 Å². The van der Waals surface area contributed by atoms with E-state index in [1.807, 2.05) is 6.92 Å². The van der Waals surface area contributed by atoms with Gasteiger partial charge in [-0.3, -0.25) is 19.2 Å². The van der Waals surface area contributed by atoms with E-state index in [0.717, 1.165) is 5.56 Å². The van der Waals surface area contributed by atoms with Gasteiger partial charge in [0.05, 0.1) is 5.92 Å². The Hall–Kier alpha value is -3.39. The largest absolute Gasteiger partial charge is 0.455 e. The van der Waals surface area contributed by atoms with Crippen molar-refractivity contribution in [2.45, 2.75) is 20.3 Å². The number of carbonyl (C=O) groups is 4. The Labute approximate surface area is 184 Å². The molecular weight excluding hydrogens is 422 g/mol. The molecule has 3 amide bonds. The number of ether oxygens (including phenoxy) is 1. The van der Waals surface area contributed by atoms with E-state index >= 15 is 0 Å². The van der Waals surface area contributed by atoms with E-state index in [9.17, 15) is 19.2 Å². The molecule has 0 aliphatic carbocycles. The molecule has 2 N–H and O–H groups in total. The van der Waals surface area contributed by atoms with Gasteiger partial charge in [0.1, 0.15) is 0 Å². The van der Waals surface area contributed by atoms with Crippen molar-refractivity contribution < 1.29 is 23.9 Å². The molecule has 3 rings (SSSR count). The average molecular weight is 444 g/mol. The van der Waals surface area contributed by atoms with Crippen molar-refractivity contribution >= 4 is 52.4 Å². The van der Waals surface area contributed by atoms with E-state index in [1.165, 1.54) is 11.8 Å². The summed E-state index contributed by atoms with van der Waals surface area (Å²) >= 11 is 6.13. The van der Waals surface area contributed by atoms with E-state index in [-0.39, 0.29) is 24.8 Å². The topological polar surface area (TPSA) is 105 Å². The summed E-state index contributed by atoms with van der Waals surface area (Å²) in [6, 6.07) is 11.8. The minimum atomic E-state index is -0.657. The molecular formula is C22H22ClN3O5. The van der Waals surface area contributed by atoms with Gasteiger partial charge in [0, 0.05) is 42.0 Å². The second kappa shape index (κ2) is 9.61. The first-order valence-electron chi connectivity index (χ1n) is 9.64. The number of benzene rings is 2. The number of hydrogen-bond donors (Lipinski definition) is 2. The standard InChI is InChI=1S/C22H22ClN3O5/c1-13-18(23)4-3-5-19(13)26-11-15(10-21(26)29)22(30)31-12-20(28)25-17-8-6-16(7-9-17)24-14(2)27/h3-9,15H,10-12H2,1-2H3,(H,24,27)(H,25,28)/t15-/m0/s1. The Bertz CT molecular complexity index is 1020. The number of rotatable bonds is 6. The Balaban J connectivity index is 1.51. The molecule has 1 heterocycles. The molecule has 0 spiro atoms. The molecule has 31 heavy (non-hydrogen) atoms. The lowest BCUT2D eigenvalue weighted by Gasteiger charge is -2.19. The third-order valence-electron chi connectivity index (χ3n) is 4.82. The van der Waals surface area contributed by atoms with Crippen LogP contribution in [0, 0.1) is 12.8 Å². The molecule has 0 bridgehead atoms. The molecule has 1 aliphatic heterocycles. The van der Waals surface area contributed by atoms with Crippen molar-refractivity contribution in [3.63, 3.8) is 0 Å². The Morgan fingerprint density at radius 2 is 1.74 bits per heavy atom. The molecule has 0 radical (unpaired) electrons. The lowest BCUT2D eigenvalue weighted by atomic mass is 10.1. The molecule has 0 saturated carbocycles. The number of nitrogens with one attached hydrogen (secondary N) is 2. The molecule has 0 aromatic heterocycles. The van der Waals surface area contributed by atoms with Crippen LogP contribution in [0.1, 0.15) is 18.9 Å². The van der Waals surface area contributed by atoms with Crippen LogP contribution in [0.3, 0.4) is 0 Å². The van der Waals surface area contributed by atoms with Gasteiger partial charge in [0.25, 0.3) is 5.91 Å². The number of amides is 3. The molecule has 0 unspecified atom stereocenters. The predicted octanol–water partition coefficient (Wildman–Crippen LogP) is 3.14. The highest BCUT2D eigenvalue weighted by Gasteiger charge is 2.37. The average Bonchev–Trinajstić information content (AvgIpc) is 3.11. The van der Waals surface area contributed by atoms with E-state index in [4.69, 9.17) is 16.3 Å². The number of hydrogen-bond acceptors (Lipinski definition) is 5. The molecule has 1 atom stereocenters. The van der Waals surface area contributed by atoms with Crippen molar-refractivity contribution in [3.05, 3.63) is 53.1 Å². The van der Waals surface area contributed by atoms with Gasteiger partial charge < -0.3 is 20.3 Å². The third-order valence-corrected chi connectivity index (χ3v) is 5.23. The van der Waals surface area contributed by atoms with Gasteiger partial charge in [0.15, 0.2) is 6.61 Å². The molecule has 1 saturated heterocycles. The highest BCUT2D eigenvalue weighted by Crippen LogP contribution is 2.31. The van der Waals surface area contributed by atoms with Gasteiger partial charge in [-0.1, -0.05) is 17.7 Å². The minimum Gasteiger partial charge on any atom is -0.455 e. The number of carbonyl (C=O) groups excluding carboxylic acids is 4. The lowest BCUT2D eigenvalue weighted by Crippen LogP contribution is -2.28. The van der Waals surface area contributed by atoms with Crippen molar-refractivity contribution in [1.29, 1.82) is 0 Å². The zero-order chi connectivity index (χ0) is 22.5. The fraction of sp³-hybridized carbons (Fsp3) is 0.273. The molecule has 1 aliphatic rings. The quantitative estimate of drug-likeness (QED) is 0.667. The van der Waals surface area contributed by atoms with Gasteiger partial charge in [-0.05, 0) is 48.9 Å². The summed E-state index contributed by atoms with van der Waals surface area (Å²) in [6.45, 7) is 2.92. The van der Waals surface area contributed by atoms with E-state index < -0.39 is 24.4 Å². The second-order valence-electron chi connectivity index (χ2n) is 7.20. The normalized spacial score (nSPS) is 15.5. The van der Waals surface area contributed by atoms with Crippen LogP contribution >= 0.6 is 11.6 Å². The highest BCUT2D eigenvalue weighted by atomic mass is 35.5. The van der Waals surface area contributed by atoms with Gasteiger partial charge in [-0.15, -0.1) is 0 Å². The molecule has 8 nitrogen and oxygen atoms in total. The van der Waals surface area contributed by atoms with E-state index in [2.05, 4.69) is 10.6 Å². The maximum Gasteiger partial charge on any atom is 0.311 e. The van der Waals surface area contributed by atoms with Gasteiger partial charge in [0.2, 0.25) is 11.8 Å². The summed E-state index contributed by atoms with van der Waals surface area (Å²) < 4.78 is 5.11. The van der Waals surface area contributed by atoms with E-state index in [1.54, 1.807) is 42.5 Å². The van der Waals surface area contributed by atoms with Gasteiger partial charge in [-0.25, -0.2) is 0 Å². The van der Waals surface area contributed by atoms with Crippen LogP contribution in [0.2, 0.25) is 5.02 Å². The first-order valence-corrected chi connectivity index (χ1v) is 10.0. The lowest BCUT2D eigenvalue weighted by molar-refractivity contribution is -0.151. The van der Waals surface area contributed by atoms with Crippen LogP contribution in [0.25, 0.3) is 0 Å². The summed E-state index contributed by atoms with van der Waals surface area (Å²) in [5.74, 6) is -2.16. The SMILES string of the molecule is CC(=O)Nc1ccc(NC(=O)COC(=O)[C@H]2CC(=O)N(c3cccc(Cl)c3C)C2)cc1. The molecule has 2 aromatic carbocycles. The number of nitrogens with zero attached hydrogens (tertiary/aromatic N) is 1. The maximum absolute atomic E-state index is 12.4. The number of esters is 1. The Morgan fingerprint density at radius 3 is 2.39 bits per heavy atom. The van der Waals surface area contributed by atoms with Crippen LogP contribution in [0.5, 0.6) is 0 Å². The third kappa shape index (κ3) is 5.61. The number of halogens is 1. The van der Waals surface area contributed by atoms with E-state index in [0.29, 0.717) is 22.1 Å². The van der Waals surface area contributed by atoms with Crippen LogP contribution in [0.15, 0.2) is 42.5 Å². The smallest absolute Gasteiger partial charge is 0.311 e. The number of anilines is 3. The zero-order valence-corrected chi connectivity index (χ0v) is 17.9. The van der Waals surface area contributed by atoms with Crippen LogP contribution in [-0.2, 0) is 23.9 Å². The van der Waals surface area contributed by atoms with Gasteiger partial charge in [-0.2, -0.15) is 0 Å². The van der Waals surface area contributed by atoms with Gasteiger partial charge >= 0.3 is 5.97 Å². The molecule has 162 valence electrons. The fourth-order valence-electron chi connectivity index (χ4n) is 3.28. The Morgan fingerprint density at radius 1 is 1.10 bits per heavy atom. The molecule has 1 fully saturated rings. The predicted molar refractivity (Wildman–Crippen MR) is 117 cm³/mol. The first kappa shape index (κ1) is 22.3.